The summed E-state index contributed by atoms with van der Waals surface area (Å²) in [5, 5.41) is 0. The minimum atomic E-state index is -3.53. The number of methoxy groups -OCH3 is 1. The summed E-state index contributed by atoms with van der Waals surface area (Å²) < 4.78 is 35.2. The fourth-order valence-electron chi connectivity index (χ4n) is 0.826. The lowest BCUT2D eigenvalue weighted by Gasteiger charge is -2.32. The van der Waals surface area contributed by atoms with Gasteiger partial charge in [-0.25, -0.2) is 8.42 Å². The van der Waals surface area contributed by atoms with Gasteiger partial charge in [0.15, 0.2) is 0 Å². The number of nitrogens with zero attached hydrogens (tertiary/aromatic N) is 1. The van der Waals surface area contributed by atoms with Crippen LogP contribution in [-0.4, -0.2) is 32.5 Å². The molecule has 0 aromatic rings. The van der Waals surface area contributed by atoms with Crippen LogP contribution in [0.25, 0.3) is 0 Å². The zero-order valence-corrected chi connectivity index (χ0v) is 8.88. The standard InChI is InChI=1S/C7H13NO4S/c1-5-7(2,3)13(9,10)8-6(11-4)12-5/h5H,1-4H3/t5-/m1/s1. The van der Waals surface area contributed by atoms with Gasteiger partial charge in [0.05, 0.1) is 7.11 Å². The summed E-state index contributed by atoms with van der Waals surface area (Å²) in [6.45, 7) is 4.82. The van der Waals surface area contributed by atoms with Crippen LogP contribution in [-0.2, 0) is 19.5 Å². The Morgan fingerprint density at radius 1 is 1.54 bits per heavy atom. The van der Waals surface area contributed by atoms with Gasteiger partial charge in [-0.3, -0.25) is 0 Å². The first-order chi connectivity index (χ1) is 5.81. The first-order valence-electron chi connectivity index (χ1n) is 3.86. The molecule has 0 N–H and O–H groups in total. The first kappa shape index (κ1) is 10.3. The van der Waals surface area contributed by atoms with Crippen LogP contribution in [0.2, 0.25) is 0 Å². The van der Waals surface area contributed by atoms with E-state index < -0.39 is 20.9 Å². The van der Waals surface area contributed by atoms with Crippen molar-refractivity contribution in [2.24, 2.45) is 4.40 Å². The second kappa shape index (κ2) is 2.87. The lowest BCUT2D eigenvalue weighted by molar-refractivity contribution is 0.107. The number of rotatable bonds is 0. The second-order valence-corrected chi connectivity index (χ2v) is 5.58. The third-order valence-electron chi connectivity index (χ3n) is 2.29. The molecule has 1 heterocycles. The van der Waals surface area contributed by atoms with Crippen molar-refractivity contribution in [2.75, 3.05) is 7.11 Å². The van der Waals surface area contributed by atoms with Crippen molar-refractivity contribution in [1.82, 2.24) is 0 Å². The van der Waals surface area contributed by atoms with Crippen LogP contribution < -0.4 is 0 Å². The van der Waals surface area contributed by atoms with E-state index in [9.17, 15) is 8.42 Å². The second-order valence-electron chi connectivity index (χ2n) is 3.40. The Kier molecular flexibility index (Phi) is 2.27. The first-order valence-corrected chi connectivity index (χ1v) is 5.30. The molecule has 0 fully saturated rings. The quantitative estimate of drug-likeness (QED) is 0.580. The smallest absolute Gasteiger partial charge is 0.399 e. The Balaban J connectivity index is 3.20. The van der Waals surface area contributed by atoms with Gasteiger partial charge in [0.2, 0.25) is 0 Å². The highest BCUT2D eigenvalue weighted by molar-refractivity contribution is 7.91. The highest BCUT2D eigenvalue weighted by Gasteiger charge is 2.46. The van der Waals surface area contributed by atoms with Crippen molar-refractivity contribution in [3.05, 3.63) is 0 Å². The van der Waals surface area contributed by atoms with E-state index in [-0.39, 0.29) is 6.08 Å². The molecule has 0 aromatic carbocycles. The minimum Gasteiger partial charge on any atom is -0.453 e. The summed E-state index contributed by atoms with van der Waals surface area (Å²) in [5.74, 6) is 0. The number of hydrogen-bond donors (Lipinski definition) is 0. The molecule has 1 atom stereocenters. The van der Waals surface area contributed by atoms with E-state index in [0.29, 0.717) is 0 Å². The van der Waals surface area contributed by atoms with Crippen molar-refractivity contribution in [1.29, 1.82) is 0 Å². The summed E-state index contributed by atoms with van der Waals surface area (Å²) in [6.07, 6.45) is -0.656. The third kappa shape index (κ3) is 1.50. The summed E-state index contributed by atoms with van der Waals surface area (Å²) in [7, 11) is -2.21. The fraction of sp³-hybridized carbons (Fsp3) is 0.857. The van der Waals surface area contributed by atoms with Crippen molar-refractivity contribution < 1.29 is 17.9 Å². The average molecular weight is 207 g/mol. The molecule has 5 nitrogen and oxygen atoms in total. The molecule has 1 aliphatic rings. The van der Waals surface area contributed by atoms with Gasteiger partial charge in [-0.05, 0) is 20.8 Å². The Morgan fingerprint density at radius 3 is 2.46 bits per heavy atom. The van der Waals surface area contributed by atoms with E-state index in [4.69, 9.17) is 4.74 Å². The molecular weight excluding hydrogens is 194 g/mol. The SMILES string of the molecule is COC1=NS(=O)(=O)C(C)(C)[C@@H](C)O1. The zero-order chi connectivity index (χ0) is 10.3. The normalized spacial score (nSPS) is 30.2. The molecule has 0 spiro atoms. The Hall–Kier alpha value is -0.780. The van der Waals surface area contributed by atoms with Crippen LogP contribution in [0.1, 0.15) is 20.8 Å². The van der Waals surface area contributed by atoms with Crippen LogP contribution in [0.15, 0.2) is 4.40 Å². The predicted octanol–water partition coefficient (Wildman–Crippen LogP) is 0.516. The van der Waals surface area contributed by atoms with Crippen molar-refractivity contribution in [3.63, 3.8) is 0 Å². The fourth-order valence-corrected chi connectivity index (χ4v) is 1.84. The molecule has 1 rings (SSSR count). The molecule has 6 heteroatoms. The van der Waals surface area contributed by atoms with E-state index in [0.717, 1.165) is 0 Å². The van der Waals surface area contributed by atoms with Crippen LogP contribution in [0, 0.1) is 0 Å². The largest absolute Gasteiger partial charge is 0.453 e. The topological polar surface area (TPSA) is 65.0 Å². The van der Waals surface area contributed by atoms with Crippen molar-refractivity contribution in [3.8, 4) is 0 Å². The maximum atomic E-state index is 11.5. The summed E-state index contributed by atoms with van der Waals surface area (Å²) in [4.78, 5) is 0. The van der Waals surface area contributed by atoms with E-state index in [1.807, 2.05) is 0 Å². The maximum absolute atomic E-state index is 11.5. The molecule has 13 heavy (non-hydrogen) atoms. The monoisotopic (exact) mass is 207 g/mol. The van der Waals surface area contributed by atoms with Gasteiger partial charge in [-0.2, -0.15) is 0 Å². The van der Waals surface area contributed by atoms with Gasteiger partial charge in [-0.1, -0.05) is 4.40 Å². The number of ether oxygens (including phenoxy) is 2. The molecular formula is C7H13NO4S. The maximum Gasteiger partial charge on any atom is 0.399 e. The lowest BCUT2D eigenvalue weighted by Crippen LogP contribution is -2.47. The molecule has 0 unspecified atom stereocenters. The number of hydrogen-bond acceptors (Lipinski definition) is 4. The van der Waals surface area contributed by atoms with Gasteiger partial charge in [-0.15, -0.1) is 0 Å². The average Bonchev–Trinajstić information content (AvgIpc) is 2.00. The van der Waals surface area contributed by atoms with E-state index in [1.165, 1.54) is 7.11 Å². The third-order valence-corrected chi connectivity index (χ3v) is 4.34. The summed E-state index contributed by atoms with van der Waals surface area (Å²) in [5.41, 5.74) is 0. The van der Waals surface area contributed by atoms with Gasteiger partial charge < -0.3 is 9.47 Å². The molecule has 0 saturated heterocycles. The Morgan fingerprint density at radius 2 is 2.08 bits per heavy atom. The zero-order valence-electron chi connectivity index (χ0n) is 8.07. The highest BCUT2D eigenvalue weighted by atomic mass is 32.2. The molecule has 1 aliphatic heterocycles. The van der Waals surface area contributed by atoms with Crippen molar-refractivity contribution in [2.45, 2.75) is 31.6 Å². The molecule has 0 amide bonds. The molecule has 0 bridgehead atoms. The highest BCUT2D eigenvalue weighted by Crippen LogP contribution is 2.29. The molecule has 76 valence electrons. The van der Waals surface area contributed by atoms with Crippen LogP contribution >= 0.6 is 0 Å². The van der Waals surface area contributed by atoms with Gasteiger partial charge >= 0.3 is 6.08 Å². The van der Waals surface area contributed by atoms with E-state index in [1.54, 1.807) is 20.8 Å². The van der Waals surface area contributed by atoms with Crippen molar-refractivity contribution >= 4 is 16.1 Å². The van der Waals surface area contributed by atoms with Gasteiger partial charge in [0.25, 0.3) is 10.0 Å². The van der Waals surface area contributed by atoms with Gasteiger partial charge in [0.1, 0.15) is 10.9 Å². The predicted molar refractivity (Wildman–Crippen MR) is 48.0 cm³/mol. The summed E-state index contributed by atoms with van der Waals surface area (Å²) in [6, 6.07) is 0. The minimum absolute atomic E-state index is 0.188. The van der Waals surface area contributed by atoms with Crippen LogP contribution in [0.3, 0.4) is 0 Å². The van der Waals surface area contributed by atoms with E-state index >= 15 is 0 Å². The van der Waals surface area contributed by atoms with Crippen LogP contribution in [0.4, 0.5) is 0 Å². The molecule has 0 saturated carbocycles. The van der Waals surface area contributed by atoms with Gasteiger partial charge in [0, 0.05) is 0 Å². The number of sulfonamides is 1. The van der Waals surface area contributed by atoms with E-state index in [2.05, 4.69) is 9.13 Å². The Labute approximate surface area is 77.8 Å². The molecule has 0 aromatic heterocycles. The molecule has 0 radical (unpaired) electrons. The summed E-state index contributed by atoms with van der Waals surface area (Å²) >= 11 is 0. The lowest BCUT2D eigenvalue weighted by atomic mass is 10.1. The molecule has 0 aliphatic carbocycles. The Bertz CT molecular complexity index is 330. The van der Waals surface area contributed by atoms with Crippen LogP contribution in [0.5, 0.6) is 0 Å².